The number of carbonyl (C=O) groups is 1. The molecule has 1 aromatic heterocycles. The maximum absolute atomic E-state index is 11.6. The van der Waals surface area contributed by atoms with Crippen molar-refractivity contribution < 1.29 is 9.72 Å². The normalized spacial score (nSPS) is 10.8. The number of nitro benzene ring substituents is 1. The molecule has 0 N–H and O–H groups in total. The zero-order valence-electron chi connectivity index (χ0n) is 13.0. The summed E-state index contributed by atoms with van der Waals surface area (Å²) in [4.78, 5) is 28.3. The molecule has 9 heteroatoms. The Kier molecular flexibility index (Phi) is 5.54. The van der Waals surface area contributed by atoms with E-state index in [0.29, 0.717) is 6.41 Å². The SMILES string of the molecule is CSc1nc2ccc(CN(C=O)c3ccc(I)cc3[N+](=O)[O-])cc2s1. The van der Waals surface area contributed by atoms with E-state index < -0.39 is 4.92 Å². The van der Waals surface area contributed by atoms with E-state index in [2.05, 4.69) is 4.98 Å². The van der Waals surface area contributed by atoms with Gasteiger partial charge < -0.3 is 4.90 Å². The van der Waals surface area contributed by atoms with Gasteiger partial charge in [0.1, 0.15) is 5.69 Å². The van der Waals surface area contributed by atoms with E-state index in [9.17, 15) is 14.9 Å². The number of thiazole rings is 1. The van der Waals surface area contributed by atoms with Crippen LogP contribution in [0.5, 0.6) is 0 Å². The summed E-state index contributed by atoms with van der Waals surface area (Å²) < 4.78 is 2.76. The lowest BCUT2D eigenvalue weighted by atomic mass is 10.2. The largest absolute Gasteiger partial charge is 0.305 e. The molecule has 0 saturated heterocycles. The Balaban J connectivity index is 1.95. The van der Waals surface area contributed by atoms with Gasteiger partial charge in [0.25, 0.3) is 5.69 Å². The predicted octanol–water partition coefficient (Wildman–Crippen LogP) is 4.69. The third-order valence-corrected chi connectivity index (χ3v) is 6.21. The highest BCUT2D eigenvalue weighted by atomic mass is 127. The molecule has 25 heavy (non-hydrogen) atoms. The number of benzene rings is 2. The van der Waals surface area contributed by atoms with Crippen molar-refractivity contribution in [1.82, 2.24) is 4.98 Å². The Morgan fingerprint density at radius 1 is 1.36 bits per heavy atom. The second kappa shape index (κ2) is 7.67. The number of fused-ring (bicyclic) bond motifs is 1. The van der Waals surface area contributed by atoms with Crippen molar-refractivity contribution in [2.24, 2.45) is 0 Å². The van der Waals surface area contributed by atoms with Gasteiger partial charge in [-0.1, -0.05) is 17.8 Å². The van der Waals surface area contributed by atoms with Crippen molar-refractivity contribution in [2.75, 3.05) is 11.2 Å². The summed E-state index contributed by atoms with van der Waals surface area (Å²) in [6, 6.07) is 10.6. The van der Waals surface area contributed by atoms with Crippen LogP contribution in [0.2, 0.25) is 0 Å². The number of nitro groups is 1. The van der Waals surface area contributed by atoms with E-state index in [1.807, 2.05) is 47.0 Å². The second-order valence-electron chi connectivity index (χ2n) is 5.11. The summed E-state index contributed by atoms with van der Waals surface area (Å²) >= 11 is 5.19. The number of anilines is 1. The number of hydrogen-bond acceptors (Lipinski definition) is 6. The number of halogens is 1. The summed E-state index contributed by atoms with van der Waals surface area (Å²) in [5.74, 6) is 0. The van der Waals surface area contributed by atoms with Gasteiger partial charge in [-0.3, -0.25) is 14.9 Å². The molecule has 6 nitrogen and oxygen atoms in total. The Morgan fingerprint density at radius 3 is 2.84 bits per heavy atom. The molecule has 0 radical (unpaired) electrons. The molecule has 3 aromatic rings. The number of rotatable bonds is 6. The van der Waals surface area contributed by atoms with Crippen LogP contribution in [0.1, 0.15) is 5.56 Å². The zero-order chi connectivity index (χ0) is 18.0. The highest BCUT2D eigenvalue weighted by molar-refractivity contribution is 14.1. The Bertz CT molecular complexity index is 961. The van der Waals surface area contributed by atoms with Crippen LogP contribution in [0.4, 0.5) is 11.4 Å². The monoisotopic (exact) mass is 485 g/mol. The molecule has 3 rings (SSSR count). The van der Waals surface area contributed by atoms with Crippen LogP contribution < -0.4 is 4.90 Å². The van der Waals surface area contributed by atoms with E-state index in [0.717, 1.165) is 23.7 Å². The fraction of sp³-hybridized carbons (Fsp3) is 0.125. The fourth-order valence-corrected chi connectivity index (χ4v) is 4.42. The average Bonchev–Trinajstić information content (AvgIpc) is 3.02. The fourth-order valence-electron chi connectivity index (χ4n) is 2.40. The first-order chi connectivity index (χ1) is 12.0. The minimum atomic E-state index is -0.467. The molecule has 1 heterocycles. The minimum absolute atomic E-state index is 0.0810. The highest BCUT2D eigenvalue weighted by Crippen LogP contribution is 2.32. The van der Waals surface area contributed by atoms with Crippen LogP contribution in [0, 0.1) is 13.7 Å². The Labute approximate surface area is 165 Å². The van der Waals surface area contributed by atoms with Crippen molar-refractivity contribution in [3.63, 3.8) is 0 Å². The van der Waals surface area contributed by atoms with Crippen molar-refractivity contribution in [2.45, 2.75) is 10.9 Å². The van der Waals surface area contributed by atoms with Crippen LogP contribution >= 0.6 is 45.7 Å². The number of amides is 1. The summed E-state index contributed by atoms with van der Waals surface area (Å²) in [6.07, 6.45) is 2.60. The summed E-state index contributed by atoms with van der Waals surface area (Å²) in [6.45, 7) is 0.257. The lowest BCUT2D eigenvalue weighted by Crippen LogP contribution is -2.21. The van der Waals surface area contributed by atoms with E-state index in [1.54, 1.807) is 35.2 Å². The second-order valence-corrected chi connectivity index (χ2v) is 8.44. The molecule has 0 fully saturated rings. The maximum atomic E-state index is 11.6. The first-order valence-corrected chi connectivity index (χ1v) is 10.2. The number of nitrogens with zero attached hydrogens (tertiary/aromatic N) is 3. The van der Waals surface area contributed by atoms with Crippen LogP contribution in [-0.2, 0) is 11.3 Å². The van der Waals surface area contributed by atoms with Gasteiger partial charge in [-0.25, -0.2) is 4.98 Å². The molecule has 0 aliphatic carbocycles. The molecule has 0 atom stereocenters. The molecule has 0 aliphatic heterocycles. The molecule has 0 spiro atoms. The first-order valence-electron chi connectivity index (χ1n) is 7.11. The van der Waals surface area contributed by atoms with E-state index >= 15 is 0 Å². The quantitative estimate of drug-likeness (QED) is 0.167. The minimum Gasteiger partial charge on any atom is -0.305 e. The Morgan fingerprint density at radius 2 is 2.16 bits per heavy atom. The molecular weight excluding hydrogens is 473 g/mol. The molecule has 1 amide bonds. The highest BCUT2D eigenvalue weighted by Gasteiger charge is 2.20. The zero-order valence-corrected chi connectivity index (χ0v) is 16.8. The third kappa shape index (κ3) is 3.93. The van der Waals surface area contributed by atoms with E-state index in [4.69, 9.17) is 0 Å². The molecule has 2 aromatic carbocycles. The van der Waals surface area contributed by atoms with Gasteiger partial charge in [-0.15, -0.1) is 11.3 Å². The number of aromatic nitrogens is 1. The maximum Gasteiger partial charge on any atom is 0.294 e. The molecule has 0 saturated carbocycles. The van der Waals surface area contributed by atoms with E-state index in [-0.39, 0.29) is 17.9 Å². The summed E-state index contributed by atoms with van der Waals surface area (Å²) in [5, 5.41) is 11.3. The van der Waals surface area contributed by atoms with Crippen molar-refractivity contribution in [3.05, 3.63) is 55.6 Å². The van der Waals surface area contributed by atoms with Crippen LogP contribution in [0.15, 0.2) is 40.7 Å². The van der Waals surface area contributed by atoms with Gasteiger partial charge >= 0.3 is 0 Å². The van der Waals surface area contributed by atoms with Gasteiger partial charge in [-0.2, -0.15) is 0 Å². The van der Waals surface area contributed by atoms with Gasteiger partial charge in [0.2, 0.25) is 6.41 Å². The van der Waals surface area contributed by atoms with Crippen molar-refractivity contribution in [3.8, 4) is 0 Å². The van der Waals surface area contributed by atoms with Gasteiger partial charge in [0, 0.05) is 9.64 Å². The van der Waals surface area contributed by atoms with Crippen LogP contribution in [0.3, 0.4) is 0 Å². The van der Waals surface area contributed by atoms with Gasteiger partial charge in [0.05, 0.1) is 21.7 Å². The van der Waals surface area contributed by atoms with E-state index in [1.165, 1.54) is 11.0 Å². The lowest BCUT2D eigenvalue weighted by Gasteiger charge is -2.17. The third-order valence-electron chi connectivity index (χ3n) is 3.53. The first kappa shape index (κ1) is 18.1. The molecule has 0 unspecified atom stereocenters. The topological polar surface area (TPSA) is 76.3 Å². The van der Waals surface area contributed by atoms with Crippen LogP contribution in [0.25, 0.3) is 10.2 Å². The summed E-state index contributed by atoms with van der Waals surface area (Å²) in [7, 11) is 0. The van der Waals surface area contributed by atoms with Gasteiger partial charge in [0.15, 0.2) is 4.34 Å². The summed E-state index contributed by atoms with van der Waals surface area (Å²) in [5.41, 5.74) is 2.01. The molecule has 0 aliphatic rings. The number of hydrogen-bond donors (Lipinski definition) is 0. The molecular formula is C16H12IN3O3S2. The standard InChI is InChI=1S/C16H12IN3O3S2/c1-24-16-18-12-4-2-10(6-15(12)25-16)8-19(9-21)13-5-3-11(17)7-14(13)20(22)23/h2-7,9H,8H2,1H3. The van der Waals surface area contributed by atoms with Gasteiger partial charge in [-0.05, 0) is 58.7 Å². The smallest absolute Gasteiger partial charge is 0.294 e. The molecule has 0 bridgehead atoms. The van der Waals surface area contributed by atoms with Crippen molar-refractivity contribution in [1.29, 1.82) is 0 Å². The van der Waals surface area contributed by atoms with Crippen molar-refractivity contribution >= 4 is 73.7 Å². The number of thioether (sulfide) groups is 1. The lowest BCUT2D eigenvalue weighted by molar-refractivity contribution is -0.384. The average molecular weight is 485 g/mol. The Hall–Kier alpha value is -1.72. The number of carbonyl (C=O) groups excluding carboxylic acids is 1. The van der Waals surface area contributed by atoms with Crippen LogP contribution in [-0.4, -0.2) is 22.6 Å². The predicted molar refractivity (Wildman–Crippen MR) is 109 cm³/mol. The molecule has 128 valence electrons.